The fourth-order valence-electron chi connectivity index (χ4n) is 2.36. The molecular formula is C17H24N2O4. The summed E-state index contributed by atoms with van der Waals surface area (Å²) in [7, 11) is 0. The van der Waals surface area contributed by atoms with Gasteiger partial charge in [-0.3, -0.25) is 9.63 Å². The lowest BCUT2D eigenvalue weighted by Crippen LogP contribution is -2.75. The number of rotatable bonds is 4. The van der Waals surface area contributed by atoms with E-state index in [4.69, 9.17) is 9.57 Å². The second-order valence-electron chi connectivity index (χ2n) is 7.18. The van der Waals surface area contributed by atoms with Crippen molar-refractivity contribution in [1.82, 2.24) is 10.4 Å². The Balaban J connectivity index is 2.14. The van der Waals surface area contributed by atoms with Crippen LogP contribution < -0.4 is 5.32 Å². The Kier molecular flexibility index (Phi) is 4.66. The predicted octanol–water partition coefficient (Wildman–Crippen LogP) is 2.63. The molecule has 1 aromatic carbocycles. The van der Waals surface area contributed by atoms with Crippen LogP contribution in [0.5, 0.6) is 0 Å². The first-order valence-corrected chi connectivity index (χ1v) is 7.61. The predicted molar refractivity (Wildman–Crippen MR) is 85.3 cm³/mol. The quantitative estimate of drug-likeness (QED) is 0.684. The van der Waals surface area contributed by atoms with Crippen LogP contribution in [0.1, 0.15) is 40.2 Å². The van der Waals surface area contributed by atoms with E-state index in [1.165, 1.54) is 0 Å². The number of nitrogens with zero attached hydrogens (tertiary/aromatic N) is 1. The Hall–Kier alpha value is -2.08. The molecule has 1 aromatic rings. The van der Waals surface area contributed by atoms with E-state index in [1.54, 1.807) is 20.8 Å². The Bertz CT molecular complexity index is 578. The molecule has 6 nitrogen and oxygen atoms in total. The maximum absolute atomic E-state index is 12.4. The van der Waals surface area contributed by atoms with Gasteiger partial charge in [0.25, 0.3) is 0 Å². The van der Waals surface area contributed by atoms with Gasteiger partial charge in [-0.05, 0) is 40.2 Å². The zero-order chi connectivity index (χ0) is 17.3. The van der Waals surface area contributed by atoms with Gasteiger partial charge >= 0.3 is 6.09 Å². The molecule has 1 atom stereocenters. The monoisotopic (exact) mass is 320 g/mol. The van der Waals surface area contributed by atoms with Crippen molar-refractivity contribution >= 4 is 12.0 Å². The summed E-state index contributed by atoms with van der Waals surface area (Å²) in [6.07, 6.45) is -0.665. The fourth-order valence-corrected chi connectivity index (χ4v) is 2.36. The molecule has 1 fully saturated rings. The maximum Gasteiger partial charge on any atom is 0.435 e. The molecule has 23 heavy (non-hydrogen) atoms. The summed E-state index contributed by atoms with van der Waals surface area (Å²) in [6.45, 7) is 9.16. The molecule has 1 unspecified atom stereocenters. The number of ether oxygens (including phenoxy) is 1. The number of amides is 2. The molecule has 0 saturated carbocycles. The van der Waals surface area contributed by atoms with E-state index < -0.39 is 23.3 Å². The number of hydroxylamine groups is 2. The molecule has 126 valence electrons. The van der Waals surface area contributed by atoms with Gasteiger partial charge in [-0.1, -0.05) is 30.3 Å². The van der Waals surface area contributed by atoms with Crippen LogP contribution >= 0.6 is 0 Å². The van der Waals surface area contributed by atoms with Crippen LogP contribution in [0.25, 0.3) is 0 Å². The third kappa shape index (κ3) is 4.22. The van der Waals surface area contributed by atoms with Crippen LogP contribution in [0, 0.1) is 0 Å². The molecule has 0 aliphatic carbocycles. The second-order valence-corrected chi connectivity index (χ2v) is 7.18. The maximum atomic E-state index is 12.4. The highest BCUT2D eigenvalue weighted by atomic mass is 16.7. The van der Waals surface area contributed by atoms with E-state index in [2.05, 4.69) is 5.32 Å². The molecule has 0 spiro atoms. The van der Waals surface area contributed by atoms with Crippen LogP contribution in [-0.4, -0.2) is 34.2 Å². The largest absolute Gasteiger partial charge is 0.442 e. The average Bonchev–Trinajstić information content (AvgIpc) is 2.41. The number of benzene rings is 1. The van der Waals surface area contributed by atoms with Gasteiger partial charge in [0, 0.05) is 0 Å². The Labute approximate surface area is 136 Å². The molecule has 2 rings (SSSR count). The van der Waals surface area contributed by atoms with Gasteiger partial charge in [0.05, 0.1) is 5.54 Å². The summed E-state index contributed by atoms with van der Waals surface area (Å²) in [5, 5.41) is 3.81. The second kappa shape index (κ2) is 6.20. The summed E-state index contributed by atoms with van der Waals surface area (Å²) in [5.41, 5.74) is -0.334. The van der Waals surface area contributed by atoms with Crippen LogP contribution in [0.3, 0.4) is 0 Å². The van der Waals surface area contributed by atoms with Crippen molar-refractivity contribution in [2.45, 2.75) is 58.4 Å². The number of carbonyl (C=O) groups is 2. The zero-order valence-electron chi connectivity index (χ0n) is 14.3. The molecule has 1 heterocycles. The molecule has 0 bridgehead atoms. The molecule has 0 radical (unpaired) electrons. The van der Waals surface area contributed by atoms with Crippen molar-refractivity contribution < 1.29 is 19.2 Å². The van der Waals surface area contributed by atoms with Gasteiger partial charge < -0.3 is 10.1 Å². The van der Waals surface area contributed by atoms with Gasteiger partial charge in [-0.15, -0.1) is 0 Å². The van der Waals surface area contributed by atoms with E-state index in [1.807, 2.05) is 44.2 Å². The van der Waals surface area contributed by atoms with Crippen LogP contribution in [0.2, 0.25) is 0 Å². The zero-order valence-corrected chi connectivity index (χ0v) is 14.3. The lowest BCUT2D eigenvalue weighted by atomic mass is 9.85. The minimum atomic E-state index is -0.721. The topological polar surface area (TPSA) is 67.9 Å². The van der Waals surface area contributed by atoms with Crippen molar-refractivity contribution in [3.05, 3.63) is 35.9 Å². The highest BCUT2D eigenvalue weighted by molar-refractivity contribution is 5.93. The van der Waals surface area contributed by atoms with Gasteiger partial charge in [-0.25, -0.2) is 4.79 Å². The molecular weight excluding hydrogens is 296 g/mol. The summed E-state index contributed by atoms with van der Waals surface area (Å²) in [5.74, 6) is -0.256. The van der Waals surface area contributed by atoms with Crippen LogP contribution in [-0.2, 0) is 21.0 Å². The first-order chi connectivity index (χ1) is 10.6. The summed E-state index contributed by atoms with van der Waals surface area (Å²) in [6, 6.07) is 8.73. The number of carbonyl (C=O) groups excluding carboxylic acids is 2. The van der Waals surface area contributed by atoms with Gasteiger partial charge in [-0.2, -0.15) is 5.06 Å². The molecule has 6 heteroatoms. The first kappa shape index (κ1) is 17.3. The summed E-state index contributed by atoms with van der Waals surface area (Å²) >= 11 is 0. The third-order valence-corrected chi connectivity index (χ3v) is 3.40. The number of hydrogen-bond donors (Lipinski definition) is 1. The molecule has 1 saturated heterocycles. The summed E-state index contributed by atoms with van der Waals surface area (Å²) < 4.78 is 5.37. The smallest absolute Gasteiger partial charge is 0.435 e. The van der Waals surface area contributed by atoms with Crippen LogP contribution in [0.4, 0.5) is 4.79 Å². The number of hydrogen-bond acceptors (Lipinski definition) is 4. The minimum Gasteiger partial charge on any atom is -0.442 e. The van der Waals surface area contributed by atoms with E-state index in [-0.39, 0.29) is 12.5 Å². The Morgan fingerprint density at radius 3 is 2.35 bits per heavy atom. The van der Waals surface area contributed by atoms with Crippen molar-refractivity contribution in [3.8, 4) is 0 Å². The highest BCUT2D eigenvalue weighted by Gasteiger charge is 2.53. The van der Waals surface area contributed by atoms with E-state index >= 15 is 0 Å². The third-order valence-electron chi connectivity index (χ3n) is 3.40. The normalized spacial score (nSPS) is 19.5. The molecule has 0 aromatic heterocycles. The van der Waals surface area contributed by atoms with E-state index in [0.29, 0.717) is 0 Å². The fraction of sp³-hybridized carbons (Fsp3) is 0.529. The highest BCUT2D eigenvalue weighted by Crippen LogP contribution is 2.27. The van der Waals surface area contributed by atoms with Crippen LogP contribution in [0.15, 0.2) is 30.3 Å². The Morgan fingerprint density at radius 2 is 1.87 bits per heavy atom. The molecule has 1 aliphatic heterocycles. The van der Waals surface area contributed by atoms with Crippen molar-refractivity contribution in [1.29, 1.82) is 0 Å². The molecule has 1 aliphatic rings. The number of nitrogens with one attached hydrogen (secondary N) is 1. The minimum absolute atomic E-state index is 0.180. The van der Waals surface area contributed by atoms with E-state index in [9.17, 15) is 9.59 Å². The van der Waals surface area contributed by atoms with Gasteiger partial charge in [0.2, 0.25) is 5.91 Å². The van der Waals surface area contributed by atoms with Gasteiger partial charge in [0.15, 0.2) is 6.04 Å². The lowest BCUT2D eigenvalue weighted by Gasteiger charge is -2.48. The Morgan fingerprint density at radius 1 is 1.26 bits per heavy atom. The lowest BCUT2D eigenvalue weighted by molar-refractivity contribution is -0.209. The van der Waals surface area contributed by atoms with Crippen molar-refractivity contribution in [3.63, 3.8) is 0 Å². The van der Waals surface area contributed by atoms with E-state index in [0.717, 1.165) is 10.6 Å². The molecule has 1 N–H and O–H groups in total. The van der Waals surface area contributed by atoms with Crippen molar-refractivity contribution in [2.24, 2.45) is 0 Å². The standard InChI is InChI=1S/C17H24N2O4/c1-16(2,3)23-15(21)19(13-14(20)18-17(13,4)5)22-11-12-9-7-6-8-10-12/h6-10,13H,11H2,1-5H3,(H,18,20). The molecule has 2 amide bonds. The summed E-state index contributed by atoms with van der Waals surface area (Å²) in [4.78, 5) is 30.0. The van der Waals surface area contributed by atoms with Gasteiger partial charge in [0.1, 0.15) is 12.2 Å². The SMILES string of the molecule is CC(C)(C)OC(=O)N(OCc1ccccc1)C1C(=O)NC1(C)C. The average molecular weight is 320 g/mol. The van der Waals surface area contributed by atoms with Crippen molar-refractivity contribution in [2.75, 3.05) is 0 Å². The number of β-lactam (4-membered cyclic amide) rings is 1. The first-order valence-electron chi connectivity index (χ1n) is 7.61.